The van der Waals surface area contributed by atoms with E-state index in [1.165, 1.54) is 4.90 Å². The van der Waals surface area contributed by atoms with Gasteiger partial charge in [-0.15, -0.1) is 0 Å². The monoisotopic (exact) mass is 530 g/mol. The molecule has 3 amide bonds. The zero-order valence-corrected chi connectivity index (χ0v) is 22.8. The second-order valence-corrected chi connectivity index (χ2v) is 11.6. The lowest BCUT2D eigenvalue weighted by Gasteiger charge is -2.38. The number of nitriles is 1. The molecule has 2 aromatic carbocycles. The second-order valence-electron chi connectivity index (χ2n) is 11.6. The van der Waals surface area contributed by atoms with Crippen LogP contribution in [0.3, 0.4) is 0 Å². The first-order valence-electron chi connectivity index (χ1n) is 13.3. The van der Waals surface area contributed by atoms with E-state index in [2.05, 4.69) is 11.4 Å². The summed E-state index contributed by atoms with van der Waals surface area (Å²) in [6, 6.07) is 15.3. The van der Waals surface area contributed by atoms with E-state index in [-0.39, 0.29) is 24.5 Å². The summed E-state index contributed by atoms with van der Waals surface area (Å²) in [5.41, 5.74) is 3.07. The number of hydrogen-bond donors (Lipinski definition) is 1. The molecule has 39 heavy (non-hydrogen) atoms. The van der Waals surface area contributed by atoms with Crippen molar-refractivity contribution in [1.29, 1.82) is 5.26 Å². The molecule has 5 rings (SSSR count). The van der Waals surface area contributed by atoms with Crippen molar-refractivity contribution in [2.24, 2.45) is 0 Å². The fraction of sp³-hybridized carbons (Fsp3) is 0.467. The Morgan fingerprint density at radius 2 is 1.92 bits per heavy atom. The fourth-order valence-electron chi connectivity index (χ4n) is 5.68. The molecule has 3 atom stereocenters. The van der Waals surface area contributed by atoms with Crippen LogP contribution in [0.15, 0.2) is 42.5 Å². The van der Waals surface area contributed by atoms with Gasteiger partial charge in [0.1, 0.15) is 17.2 Å². The number of likely N-dealkylation sites (N-methyl/N-ethyl adjacent to an activating group) is 1. The molecular formula is C30H34N4O5. The lowest BCUT2D eigenvalue weighted by Crippen LogP contribution is -2.60. The number of nitrogens with one attached hydrogen (secondary N) is 1. The summed E-state index contributed by atoms with van der Waals surface area (Å²) in [7, 11) is 1.79. The number of anilines is 1. The summed E-state index contributed by atoms with van der Waals surface area (Å²) < 4.78 is 11.3. The zero-order chi connectivity index (χ0) is 27.9. The predicted molar refractivity (Wildman–Crippen MR) is 145 cm³/mol. The molecule has 3 heterocycles. The van der Waals surface area contributed by atoms with Crippen LogP contribution in [0.5, 0.6) is 0 Å². The Kier molecular flexibility index (Phi) is 6.85. The van der Waals surface area contributed by atoms with Gasteiger partial charge in [0.2, 0.25) is 11.8 Å². The van der Waals surface area contributed by atoms with Gasteiger partial charge >= 0.3 is 6.09 Å². The van der Waals surface area contributed by atoms with Gasteiger partial charge in [0.25, 0.3) is 0 Å². The third kappa shape index (κ3) is 5.21. The first-order valence-corrected chi connectivity index (χ1v) is 13.3. The zero-order valence-electron chi connectivity index (χ0n) is 22.8. The van der Waals surface area contributed by atoms with E-state index in [1.54, 1.807) is 32.7 Å². The number of fused-ring (bicyclic) bond motifs is 3. The van der Waals surface area contributed by atoms with Gasteiger partial charge in [-0.05, 0) is 49.1 Å². The first kappa shape index (κ1) is 26.7. The van der Waals surface area contributed by atoms with E-state index < -0.39 is 23.3 Å². The predicted octanol–water partition coefficient (Wildman–Crippen LogP) is 3.59. The number of benzene rings is 2. The summed E-state index contributed by atoms with van der Waals surface area (Å²) in [5, 5.41) is 12.8. The molecule has 3 aliphatic heterocycles. The topological polar surface area (TPSA) is 112 Å². The average Bonchev–Trinajstić information content (AvgIpc) is 3.34. The summed E-state index contributed by atoms with van der Waals surface area (Å²) in [6.45, 7) is 6.02. The van der Waals surface area contributed by atoms with Crippen molar-refractivity contribution in [3.63, 3.8) is 0 Å². The van der Waals surface area contributed by atoms with Crippen molar-refractivity contribution in [2.75, 3.05) is 25.1 Å². The van der Waals surface area contributed by atoms with E-state index in [9.17, 15) is 19.6 Å². The van der Waals surface area contributed by atoms with Gasteiger partial charge in [-0.25, -0.2) is 4.79 Å². The van der Waals surface area contributed by atoms with Crippen molar-refractivity contribution < 1.29 is 23.9 Å². The molecule has 2 saturated heterocycles. The maximum Gasteiger partial charge on any atom is 0.411 e. The van der Waals surface area contributed by atoms with E-state index in [1.807, 2.05) is 42.5 Å². The average molecular weight is 531 g/mol. The molecule has 0 unspecified atom stereocenters. The third-order valence-corrected chi connectivity index (χ3v) is 7.72. The van der Waals surface area contributed by atoms with Crippen LogP contribution in [-0.2, 0) is 31.9 Å². The van der Waals surface area contributed by atoms with Gasteiger partial charge in [0, 0.05) is 38.6 Å². The molecular weight excluding hydrogens is 496 g/mol. The molecule has 0 saturated carbocycles. The minimum atomic E-state index is -1.09. The van der Waals surface area contributed by atoms with E-state index in [0.717, 1.165) is 27.9 Å². The lowest BCUT2D eigenvalue weighted by atomic mass is 9.88. The quantitative estimate of drug-likeness (QED) is 0.632. The van der Waals surface area contributed by atoms with Gasteiger partial charge in [0.15, 0.2) is 0 Å². The fourth-order valence-corrected chi connectivity index (χ4v) is 5.68. The Bertz CT molecular complexity index is 1340. The van der Waals surface area contributed by atoms with Crippen molar-refractivity contribution in [3.8, 4) is 17.2 Å². The Hall–Kier alpha value is -3.90. The van der Waals surface area contributed by atoms with Gasteiger partial charge in [0.05, 0.1) is 25.1 Å². The van der Waals surface area contributed by atoms with Crippen LogP contribution in [0.4, 0.5) is 10.5 Å². The minimum absolute atomic E-state index is 0.0877. The number of rotatable bonds is 5. The molecule has 204 valence electrons. The highest BCUT2D eigenvalue weighted by Crippen LogP contribution is 2.39. The van der Waals surface area contributed by atoms with Gasteiger partial charge < -0.3 is 19.7 Å². The highest BCUT2D eigenvalue weighted by atomic mass is 16.6. The number of likely N-dealkylation sites (tertiary alicyclic amines) is 1. The molecule has 3 aliphatic rings. The molecule has 0 radical (unpaired) electrons. The first-order chi connectivity index (χ1) is 18.5. The smallest absolute Gasteiger partial charge is 0.411 e. The summed E-state index contributed by atoms with van der Waals surface area (Å²) in [5.74, 6) is -0.260. The highest BCUT2D eigenvalue weighted by molar-refractivity contribution is 6.01. The summed E-state index contributed by atoms with van der Waals surface area (Å²) in [4.78, 5) is 41.8. The number of carbonyl (C=O) groups excluding carboxylic acids is 3. The molecule has 2 bridgehead atoms. The van der Waals surface area contributed by atoms with Crippen LogP contribution in [0.25, 0.3) is 11.1 Å². The molecule has 0 aromatic heterocycles. The molecule has 2 aromatic rings. The van der Waals surface area contributed by atoms with E-state index >= 15 is 0 Å². The Labute approximate surface area is 228 Å². The Morgan fingerprint density at radius 1 is 1.21 bits per heavy atom. The van der Waals surface area contributed by atoms with Crippen molar-refractivity contribution >= 4 is 23.6 Å². The molecule has 0 spiro atoms. The maximum absolute atomic E-state index is 13.6. The van der Waals surface area contributed by atoms with Crippen LogP contribution in [0, 0.1) is 11.3 Å². The minimum Gasteiger partial charge on any atom is -0.444 e. The number of nitrogens with zero attached hydrogens (tertiary/aromatic N) is 3. The van der Waals surface area contributed by atoms with Crippen molar-refractivity contribution in [3.05, 3.63) is 53.6 Å². The number of ether oxygens (including phenoxy) is 2. The Morgan fingerprint density at radius 3 is 2.62 bits per heavy atom. The molecule has 2 fully saturated rings. The third-order valence-electron chi connectivity index (χ3n) is 7.72. The SMILES string of the molecule is CN1C(=O)Cc2ccc(-c3ccc(C[C@@H](C#N)NC(=O)[C@@]45CCO[C@@H](CN4C(=O)OC(C)(C)C)C5)cc3)cc21. The summed E-state index contributed by atoms with van der Waals surface area (Å²) in [6.07, 6.45) is 0.706. The van der Waals surface area contributed by atoms with Crippen LogP contribution in [0.1, 0.15) is 44.7 Å². The molecule has 9 heteroatoms. The number of carbonyl (C=O) groups is 3. The van der Waals surface area contributed by atoms with Crippen molar-refractivity contribution in [1.82, 2.24) is 10.2 Å². The van der Waals surface area contributed by atoms with E-state index in [0.29, 0.717) is 32.3 Å². The van der Waals surface area contributed by atoms with Crippen LogP contribution in [-0.4, -0.2) is 66.3 Å². The maximum atomic E-state index is 13.6. The van der Waals surface area contributed by atoms with Crippen LogP contribution >= 0.6 is 0 Å². The molecule has 9 nitrogen and oxygen atoms in total. The largest absolute Gasteiger partial charge is 0.444 e. The number of hydrogen-bond acceptors (Lipinski definition) is 6. The van der Waals surface area contributed by atoms with E-state index in [4.69, 9.17) is 9.47 Å². The highest BCUT2D eigenvalue weighted by Gasteiger charge is 2.57. The van der Waals surface area contributed by atoms with Crippen molar-refractivity contribution in [2.45, 2.75) is 69.7 Å². The number of amides is 3. The normalized spacial score (nSPS) is 22.7. The lowest BCUT2D eigenvalue weighted by molar-refractivity contribution is -0.135. The standard InChI is InChI=1S/C30H34N4O5/c1-29(2,3)39-28(37)34-18-24-16-30(34,11-12-38-24)27(36)32-23(17-31)13-19-5-7-20(8-6-19)21-9-10-22-15-26(35)33(4)25(22)14-21/h5-10,14,23-24H,11-13,15-16,18H2,1-4H3,(H,32,36)/t23-,24+,30-/m0/s1. The molecule has 0 aliphatic carbocycles. The van der Waals surface area contributed by atoms with Gasteiger partial charge in [-0.3, -0.25) is 14.5 Å². The second kappa shape index (κ2) is 10.0. The van der Waals surface area contributed by atoms with Gasteiger partial charge in [-0.1, -0.05) is 36.4 Å². The molecule has 1 N–H and O–H groups in total. The van der Waals surface area contributed by atoms with Crippen LogP contribution < -0.4 is 10.2 Å². The Balaban J connectivity index is 1.28. The summed E-state index contributed by atoms with van der Waals surface area (Å²) >= 11 is 0. The van der Waals surface area contributed by atoms with Crippen LogP contribution in [0.2, 0.25) is 0 Å². The van der Waals surface area contributed by atoms with Gasteiger partial charge in [-0.2, -0.15) is 5.26 Å².